The summed E-state index contributed by atoms with van der Waals surface area (Å²) < 4.78 is 36.0. The first kappa shape index (κ1) is 10.8. The van der Waals surface area contributed by atoms with Gasteiger partial charge in [-0.05, 0) is 19.8 Å². The molecule has 1 heterocycles. The van der Waals surface area contributed by atoms with Crippen LogP contribution < -0.4 is 0 Å². The lowest BCUT2D eigenvalue weighted by atomic mass is 10.0. The first-order valence-electron chi connectivity index (χ1n) is 4.37. The number of alkyl halides is 3. The number of hydrogen-bond donors (Lipinski definition) is 1. The van der Waals surface area contributed by atoms with Crippen molar-refractivity contribution in [2.24, 2.45) is 0 Å². The van der Waals surface area contributed by atoms with Crippen LogP contribution in [0.2, 0.25) is 0 Å². The van der Waals surface area contributed by atoms with Crippen LogP contribution in [0.5, 0.6) is 0 Å². The summed E-state index contributed by atoms with van der Waals surface area (Å²) in [6.07, 6.45) is -3.67. The Balaban J connectivity index is 2.43. The maximum atomic E-state index is 12.0. The van der Waals surface area contributed by atoms with E-state index < -0.39 is 18.8 Å². The van der Waals surface area contributed by atoms with E-state index in [1.807, 2.05) is 0 Å². The fourth-order valence-corrected chi connectivity index (χ4v) is 1.66. The summed E-state index contributed by atoms with van der Waals surface area (Å²) in [6, 6.07) is -0.176. The van der Waals surface area contributed by atoms with Crippen molar-refractivity contribution < 1.29 is 18.3 Å². The van der Waals surface area contributed by atoms with E-state index in [9.17, 15) is 18.3 Å². The van der Waals surface area contributed by atoms with Crippen LogP contribution in [0.3, 0.4) is 0 Å². The van der Waals surface area contributed by atoms with Gasteiger partial charge in [0.15, 0.2) is 0 Å². The molecule has 1 saturated heterocycles. The van der Waals surface area contributed by atoms with Gasteiger partial charge in [-0.3, -0.25) is 4.90 Å². The van der Waals surface area contributed by atoms with Gasteiger partial charge >= 0.3 is 6.18 Å². The van der Waals surface area contributed by atoms with Gasteiger partial charge in [0.25, 0.3) is 0 Å². The third-order valence-corrected chi connectivity index (χ3v) is 2.37. The molecule has 0 spiro atoms. The molecule has 2 atom stereocenters. The Morgan fingerprint density at radius 3 is 2.54 bits per heavy atom. The Labute approximate surface area is 75.3 Å². The van der Waals surface area contributed by atoms with Crippen molar-refractivity contribution in [3.63, 3.8) is 0 Å². The lowest BCUT2D eigenvalue weighted by molar-refractivity contribution is -0.155. The summed E-state index contributed by atoms with van der Waals surface area (Å²) in [5, 5.41) is 9.19. The summed E-state index contributed by atoms with van der Waals surface area (Å²) in [5.74, 6) is 0. The second kappa shape index (κ2) is 3.84. The molecule has 0 aromatic carbocycles. The Kier molecular flexibility index (Phi) is 3.18. The smallest absolute Gasteiger partial charge is 0.393 e. The molecule has 0 saturated carbocycles. The first-order valence-corrected chi connectivity index (χ1v) is 4.37. The maximum absolute atomic E-state index is 12.0. The topological polar surface area (TPSA) is 23.5 Å². The predicted octanol–water partition coefficient (Wildman–Crippen LogP) is 1.39. The minimum atomic E-state index is -4.13. The number of likely N-dealkylation sites (tertiary alicyclic amines) is 1. The molecule has 13 heavy (non-hydrogen) atoms. The van der Waals surface area contributed by atoms with E-state index in [0.717, 1.165) is 0 Å². The van der Waals surface area contributed by atoms with E-state index in [1.54, 1.807) is 6.92 Å². The van der Waals surface area contributed by atoms with E-state index in [1.165, 1.54) is 4.90 Å². The van der Waals surface area contributed by atoms with Gasteiger partial charge in [-0.2, -0.15) is 13.2 Å². The van der Waals surface area contributed by atoms with E-state index in [4.69, 9.17) is 0 Å². The van der Waals surface area contributed by atoms with Crippen molar-refractivity contribution in [1.29, 1.82) is 0 Å². The van der Waals surface area contributed by atoms with Crippen molar-refractivity contribution in [3.05, 3.63) is 0 Å². The largest absolute Gasteiger partial charge is 0.401 e. The molecule has 1 fully saturated rings. The molecule has 0 radical (unpaired) electrons. The molecule has 1 N–H and O–H groups in total. The number of halogens is 3. The van der Waals surface area contributed by atoms with E-state index in [-0.39, 0.29) is 6.04 Å². The highest BCUT2D eigenvalue weighted by Gasteiger charge is 2.34. The van der Waals surface area contributed by atoms with Gasteiger partial charge in [0.1, 0.15) is 0 Å². The van der Waals surface area contributed by atoms with Gasteiger partial charge in [-0.1, -0.05) is 0 Å². The van der Waals surface area contributed by atoms with Crippen molar-refractivity contribution in [2.75, 3.05) is 13.1 Å². The first-order chi connectivity index (χ1) is 5.88. The molecule has 0 aromatic heterocycles. The molecule has 1 rings (SSSR count). The standard InChI is InChI=1S/C8H14F3NO/c1-6-4-7(13)2-3-12(6)5-8(9,10)11/h6-7,13H,2-5H2,1H3/t6-,7-/m0/s1. The Hall–Kier alpha value is -0.290. The van der Waals surface area contributed by atoms with Crippen molar-refractivity contribution in [1.82, 2.24) is 4.90 Å². The average Bonchev–Trinajstić information content (AvgIpc) is 1.93. The lowest BCUT2D eigenvalue weighted by Gasteiger charge is -2.36. The molecule has 0 aliphatic carbocycles. The van der Waals surface area contributed by atoms with Crippen LogP contribution in [-0.2, 0) is 0 Å². The average molecular weight is 197 g/mol. The zero-order valence-electron chi connectivity index (χ0n) is 7.51. The monoisotopic (exact) mass is 197 g/mol. The highest BCUT2D eigenvalue weighted by atomic mass is 19.4. The van der Waals surface area contributed by atoms with Crippen LogP contribution in [0.15, 0.2) is 0 Å². The lowest BCUT2D eigenvalue weighted by Crippen LogP contribution is -2.46. The number of aliphatic hydroxyl groups excluding tert-OH is 1. The Morgan fingerprint density at radius 2 is 2.08 bits per heavy atom. The summed E-state index contributed by atoms with van der Waals surface area (Å²) in [5.41, 5.74) is 0. The summed E-state index contributed by atoms with van der Waals surface area (Å²) in [6.45, 7) is 1.19. The van der Waals surface area contributed by atoms with E-state index in [0.29, 0.717) is 19.4 Å². The second-order valence-electron chi connectivity index (χ2n) is 3.61. The summed E-state index contributed by atoms with van der Waals surface area (Å²) >= 11 is 0. The van der Waals surface area contributed by atoms with Crippen LogP contribution in [0.1, 0.15) is 19.8 Å². The third-order valence-electron chi connectivity index (χ3n) is 2.37. The fourth-order valence-electron chi connectivity index (χ4n) is 1.66. The molecule has 78 valence electrons. The Morgan fingerprint density at radius 1 is 1.46 bits per heavy atom. The predicted molar refractivity (Wildman–Crippen MR) is 42.3 cm³/mol. The van der Waals surface area contributed by atoms with Gasteiger partial charge in [-0.25, -0.2) is 0 Å². The maximum Gasteiger partial charge on any atom is 0.401 e. The molecule has 0 aromatic rings. The molecular formula is C8H14F3NO. The molecule has 0 bridgehead atoms. The molecular weight excluding hydrogens is 183 g/mol. The highest BCUT2D eigenvalue weighted by Crippen LogP contribution is 2.23. The van der Waals surface area contributed by atoms with Crippen LogP contribution in [0.25, 0.3) is 0 Å². The van der Waals surface area contributed by atoms with Crippen molar-refractivity contribution in [3.8, 4) is 0 Å². The van der Waals surface area contributed by atoms with Crippen LogP contribution >= 0.6 is 0 Å². The van der Waals surface area contributed by atoms with Gasteiger partial charge in [-0.15, -0.1) is 0 Å². The summed E-state index contributed by atoms with van der Waals surface area (Å²) in [4.78, 5) is 1.37. The Bertz CT molecular complexity index is 171. The second-order valence-corrected chi connectivity index (χ2v) is 3.61. The van der Waals surface area contributed by atoms with Gasteiger partial charge in [0.2, 0.25) is 0 Å². The number of aliphatic hydroxyl groups is 1. The van der Waals surface area contributed by atoms with Gasteiger partial charge in [0.05, 0.1) is 12.6 Å². The number of piperidine rings is 1. The fraction of sp³-hybridized carbons (Fsp3) is 1.00. The third kappa shape index (κ3) is 3.52. The van der Waals surface area contributed by atoms with Crippen molar-refractivity contribution in [2.45, 2.75) is 38.1 Å². The molecule has 0 amide bonds. The molecule has 1 aliphatic rings. The number of nitrogens with zero attached hydrogens (tertiary/aromatic N) is 1. The van der Waals surface area contributed by atoms with Crippen molar-refractivity contribution >= 4 is 0 Å². The van der Waals surface area contributed by atoms with Crippen LogP contribution in [-0.4, -0.2) is 41.4 Å². The number of hydrogen-bond acceptors (Lipinski definition) is 2. The van der Waals surface area contributed by atoms with Crippen LogP contribution in [0.4, 0.5) is 13.2 Å². The zero-order valence-corrected chi connectivity index (χ0v) is 7.51. The van der Waals surface area contributed by atoms with E-state index in [2.05, 4.69) is 0 Å². The molecule has 5 heteroatoms. The van der Waals surface area contributed by atoms with Crippen LogP contribution in [0, 0.1) is 0 Å². The van der Waals surface area contributed by atoms with E-state index >= 15 is 0 Å². The zero-order chi connectivity index (χ0) is 10.1. The highest BCUT2D eigenvalue weighted by molar-refractivity contribution is 4.79. The molecule has 2 nitrogen and oxygen atoms in total. The normalized spacial score (nSPS) is 32.1. The minimum absolute atomic E-state index is 0.176. The quantitative estimate of drug-likeness (QED) is 0.686. The number of rotatable bonds is 1. The summed E-state index contributed by atoms with van der Waals surface area (Å²) in [7, 11) is 0. The van der Waals surface area contributed by atoms with Gasteiger partial charge < -0.3 is 5.11 Å². The minimum Gasteiger partial charge on any atom is -0.393 e. The molecule has 0 unspecified atom stereocenters. The SMILES string of the molecule is C[C@H]1C[C@@H](O)CCN1CC(F)(F)F. The van der Waals surface area contributed by atoms with Gasteiger partial charge in [0, 0.05) is 12.6 Å². The molecule has 1 aliphatic heterocycles.